The Bertz CT molecular complexity index is 603. The van der Waals surface area contributed by atoms with Crippen molar-refractivity contribution in [2.75, 3.05) is 0 Å². The van der Waals surface area contributed by atoms with Crippen LogP contribution in [0.2, 0.25) is 0 Å². The van der Waals surface area contributed by atoms with Gasteiger partial charge >= 0.3 is 0 Å². The first-order chi connectivity index (χ1) is 9.63. The van der Waals surface area contributed by atoms with Gasteiger partial charge in [0.25, 0.3) is 0 Å². The molecular formula is C18H21NO. The van der Waals surface area contributed by atoms with Gasteiger partial charge in [-0.05, 0) is 36.0 Å². The lowest BCUT2D eigenvalue weighted by Gasteiger charge is -2.07. The molecule has 1 aliphatic rings. The monoisotopic (exact) mass is 267 g/mol. The minimum atomic E-state index is 0.302. The van der Waals surface area contributed by atoms with Gasteiger partial charge in [0.1, 0.15) is 0 Å². The highest BCUT2D eigenvalue weighted by Gasteiger charge is 2.30. The van der Waals surface area contributed by atoms with Crippen LogP contribution in [0, 0.1) is 5.92 Å². The fourth-order valence-corrected chi connectivity index (χ4v) is 2.48. The number of nitrogens with zero attached hydrogens (tertiary/aromatic N) is 1. The molecule has 1 heterocycles. The highest BCUT2D eigenvalue weighted by Crippen LogP contribution is 2.32. The quantitative estimate of drug-likeness (QED) is 0.742. The summed E-state index contributed by atoms with van der Waals surface area (Å²) >= 11 is 0. The molecule has 104 valence electrons. The maximum atomic E-state index is 12.0. The van der Waals surface area contributed by atoms with Crippen LogP contribution >= 0.6 is 0 Å². The SMILES string of the molecule is CC(C)c1ccc(Cn2ccc(C(=O)C3CC3)c2)cc1. The van der Waals surface area contributed by atoms with Crippen molar-refractivity contribution in [3.63, 3.8) is 0 Å². The van der Waals surface area contributed by atoms with E-state index < -0.39 is 0 Å². The van der Waals surface area contributed by atoms with E-state index in [2.05, 4.69) is 42.7 Å². The predicted molar refractivity (Wildman–Crippen MR) is 81.1 cm³/mol. The summed E-state index contributed by atoms with van der Waals surface area (Å²) in [7, 11) is 0. The predicted octanol–water partition coefficient (Wildman–Crippen LogP) is 4.25. The van der Waals surface area contributed by atoms with Crippen molar-refractivity contribution in [3.8, 4) is 0 Å². The van der Waals surface area contributed by atoms with Gasteiger partial charge in [-0.15, -0.1) is 0 Å². The van der Waals surface area contributed by atoms with E-state index in [0.717, 1.165) is 24.9 Å². The first kappa shape index (κ1) is 13.2. The van der Waals surface area contributed by atoms with E-state index in [-0.39, 0.29) is 0 Å². The molecule has 2 nitrogen and oxygen atoms in total. The van der Waals surface area contributed by atoms with Crippen LogP contribution in [-0.2, 0) is 6.54 Å². The number of hydrogen-bond donors (Lipinski definition) is 0. The van der Waals surface area contributed by atoms with Gasteiger partial charge in [0.05, 0.1) is 0 Å². The van der Waals surface area contributed by atoms with E-state index in [0.29, 0.717) is 17.6 Å². The van der Waals surface area contributed by atoms with Crippen LogP contribution in [0.4, 0.5) is 0 Å². The molecule has 0 radical (unpaired) electrons. The van der Waals surface area contributed by atoms with Gasteiger partial charge in [-0.1, -0.05) is 38.1 Å². The van der Waals surface area contributed by atoms with Crippen LogP contribution in [0.1, 0.15) is 54.1 Å². The number of Topliss-reactive ketones (excluding diaryl/α,β-unsaturated/α-hetero) is 1. The average Bonchev–Trinajstić information content (AvgIpc) is 3.19. The van der Waals surface area contributed by atoms with Crippen LogP contribution in [0.25, 0.3) is 0 Å². The maximum absolute atomic E-state index is 12.0. The minimum Gasteiger partial charge on any atom is -0.349 e. The van der Waals surface area contributed by atoms with Crippen LogP contribution in [0.3, 0.4) is 0 Å². The van der Waals surface area contributed by atoms with Crippen LogP contribution < -0.4 is 0 Å². The smallest absolute Gasteiger partial charge is 0.167 e. The lowest BCUT2D eigenvalue weighted by molar-refractivity contribution is 0.0967. The fraction of sp³-hybridized carbons (Fsp3) is 0.389. The van der Waals surface area contributed by atoms with Crippen molar-refractivity contribution in [2.45, 2.75) is 39.2 Å². The Balaban J connectivity index is 1.69. The number of hydrogen-bond acceptors (Lipinski definition) is 1. The second kappa shape index (κ2) is 5.28. The zero-order valence-electron chi connectivity index (χ0n) is 12.2. The second-order valence-corrected chi connectivity index (χ2v) is 6.11. The first-order valence-corrected chi connectivity index (χ1v) is 7.42. The molecule has 0 unspecified atom stereocenters. The van der Waals surface area contributed by atoms with E-state index in [1.54, 1.807) is 0 Å². The van der Waals surface area contributed by atoms with Crippen molar-refractivity contribution < 1.29 is 4.79 Å². The third-order valence-electron chi connectivity index (χ3n) is 3.99. The summed E-state index contributed by atoms with van der Waals surface area (Å²) in [6.07, 6.45) is 6.13. The Kier molecular flexibility index (Phi) is 3.47. The van der Waals surface area contributed by atoms with E-state index >= 15 is 0 Å². The fourth-order valence-electron chi connectivity index (χ4n) is 2.48. The van der Waals surface area contributed by atoms with E-state index in [1.807, 2.05) is 18.5 Å². The highest BCUT2D eigenvalue weighted by molar-refractivity contribution is 5.99. The Labute approximate surface area is 120 Å². The number of benzene rings is 1. The zero-order valence-corrected chi connectivity index (χ0v) is 12.2. The van der Waals surface area contributed by atoms with E-state index in [9.17, 15) is 4.79 Å². The summed E-state index contributed by atoms with van der Waals surface area (Å²) in [6, 6.07) is 10.7. The van der Waals surface area contributed by atoms with Crippen LogP contribution in [0.5, 0.6) is 0 Å². The minimum absolute atomic E-state index is 0.302. The summed E-state index contributed by atoms with van der Waals surface area (Å²) in [5.74, 6) is 1.19. The molecule has 1 aliphatic carbocycles. The molecule has 20 heavy (non-hydrogen) atoms. The molecule has 2 aromatic rings. The van der Waals surface area contributed by atoms with E-state index in [4.69, 9.17) is 0 Å². The Hall–Kier alpha value is -1.83. The molecule has 3 rings (SSSR count). The van der Waals surface area contributed by atoms with Crippen molar-refractivity contribution in [2.24, 2.45) is 5.92 Å². The number of ketones is 1. The number of rotatable bonds is 5. The molecule has 1 fully saturated rings. The molecule has 1 aromatic carbocycles. The summed E-state index contributed by atoms with van der Waals surface area (Å²) in [5.41, 5.74) is 3.51. The van der Waals surface area contributed by atoms with Crippen molar-refractivity contribution in [1.82, 2.24) is 4.57 Å². The van der Waals surface area contributed by atoms with Gasteiger partial charge in [-0.2, -0.15) is 0 Å². The van der Waals surface area contributed by atoms with Crippen LogP contribution in [0.15, 0.2) is 42.7 Å². The van der Waals surface area contributed by atoms with Crippen molar-refractivity contribution >= 4 is 5.78 Å². The molecule has 0 aliphatic heterocycles. The third kappa shape index (κ3) is 2.84. The van der Waals surface area contributed by atoms with Crippen LogP contribution in [-0.4, -0.2) is 10.4 Å². The lowest BCUT2D eigenvalue weighted by atomic mass is 10.0. The molecule has 0 saturated heterocycles. The van der Waals surface area contributed by atoms with Crippen molar-refractivity contribution in [3.05, 3.63) is 59.4 Å². The molecule has 1 saturated carbocycles. The van der Waals surface area contributed by atoms with Gasteiger partial charge in [-0.3, -0.25) is 4.79 Å². The van der Waals surface area contributed by atoms with E-state index in [1.165, 1.54) is 11.1 Å². The van der Waals surface area contributed by atoms with Gasteiger partial charge < -0.3 is 4.57 Å². The molecule has 0 amide bonds. The van der Waals surface area contributed by atoms with Gasteiger partial charge in [0.2, 0.25) is 0 Å². The normalized spacial score (nSPS) is 14.8. The summed E-state index contributed by atoms with van der Waals surface area (Å²) in [6.45, 7) is 5.24. The maximum Gasteiger partial charge on any atom is 0.167 e. The summed E-state index contributed by atoms with van der Waals surface area (Å²) < 4.78 is 2.10. The standard InChI is InChI=1S/C18H21NO/c1-13(2)15-5-3-14(4-6-15)11-19-10-9-17(12-19)18(20)16-7-8-16/h3-6,9-10,12-13,16H,7-8,11H2,1-2H3. The Morgan fingerprint density at radius 3 is 2.50 bits per heavy atom. The molecule has 0 N–H and O–H groups in total. The second-order valence-electron chi connectivity index (χ2n) is 6.11. The lowest BCUT2D eigenvalue weighted by Crippen LogP contribution is -2.01. The van der Waals surface area contributed by atoms with Gasteiger partial charge in [0.15, 0.2) is 5.78 Å². The van der Waals surface area contributed by atoms with Crippen molar-refractivity contribution in [1.29, 1.82) is 0 Å². The summed E-state index contributed by atoms with van der Waals surface area (Å²) in [5, 5.41) is 0. The topological polar surface area (TPSA) is 22.0 Å². The number of carbonyl (C=O) groups excluding carboxylic acids is 1. The number of aromatic nitrogens is 1. The number of carbonyl (C=O) groups is 1. The Morgan fingerprint density at radius 2 is 1.90 bits per heavy atom. The Morgan fingerprint density at radius 1 is 1.20 bits per heavy atom. The van der Waals surface area contributed by atoms with Gasteiger partial charge in [0, 0.05) is 30.4 Å². The molecule has 1 aromatic heterocycles. The molecule has 2 heteroatoms. The molecule has 0 atom stereocenters. The average molecular weight is 267 g/mol. The largest absolute Gasteiger partial charge is 0.349 e. The first-order valence-electron chi connectivity index (χ1n) is 7.42. The highest BCUT2D eigenvalue weighted by atomic mass is 16.1. The summed E-state index contributed by atoms with van der Waals surface area (Å²) in [4.78, 5) is 12.0. The van der Waals surface area contributed by atoms with Gasteiger partial charge in [-0.25, -0.2) is 0 Å². The zero-order chi connectivity index (χ0) is 14.1. The molecule has 0 bridgehead atoms. The molecule has 0 spiro atoms. The molecular weight excluding hydrogens is 246 g/mol. The third-order valence-corrected chi connectivity index (χ3v) is 3.99.